The average Bonchev–Trinajstić information content (AvgIpc) is 2.92. The smallest absolute Gasteiger partial charge is 1.00 e. The third kappa shape index (κ3) is 11.0. The van der Waals surface area contributed by atoms with Crippen LogP contribution in [0.15, 0.2) is 94.1 Å². The minimum Gasteiger partial charge on any atom is 1.00 e. The molecule has 0 aliphatic carbocycles. The van der Waals surface area contributed by atoms with Crippen molar-refractivity contribution in [2.24, 2.45) is 0 Å². The quantitative estimate of drug-likeness (QED) is 0.180. The number of nitrogens with one attached hydrogen (secondary N) is 2. The van der Waals surface area contributed by atoms with Gasteiger partial charge in [-0.25, -0.2) is 0 Å². The molecule has 2 aliphatic heterocycles. The number of nitriles is 4. The molecule has 2 aromatic rings. The summed E-state index contributed by atoms with van der Waals surface area (Å²) in [6.45, 7) is 7.39. The summed E-state index contributed by atoms with van der Waals surface area (Å²) in [4.78, 5) is 8.13. The van der Waals surface area contributed by atoms with Crippen molar-refractivity contribution >= 4 is 7.81 Å². The molecule has 16 heteroatoms. The predicted octanol–water partition coefficient (Wildman–Crippen LogP) is 8.11. The molecule has 0 unspecified atom stereocenters. The summed E-state index contributed by atoms with van der Waals surface area (Å²) in [5.74, 6) is -0.620. The Kier molecular flexibility index (Phi) is 11.9. The molecule has 2 aliphatic rings. The number of rotatable bonds is 2. The molecule has 0 amide bonds. The van der Waals surface area contributed by atoms with Gasteiger partial charge < -0.3 is 10.6 Å². The first kappa shape index (κ1) is 37.6. The molecular formula is C28H24AgF6N8P. The zero-order chi connectivity index (χ0) is 32.7. The number of allylic oxidation sites excluding steroid dienone is 8. The van der Waals surface area contributed by atoms with Crippen LogP contribution in [0, 0.1) is 45.3 Å². The Labute approximate surface area is 265 Å². The Morgan fingerprint density at radius 1 is 0.591 bits per heavy atom. The van der Waals surface area contributed by atoms with E-state index >= 15 is 0 Å². The van der Waals surface area contributed by atoms with Crippen LogP contribution in [0.25, 0.3) is 0 Å². The molecule has 0 fully saturated rings. The first-order chi connectivity index (χ1) is 19.8. The topological polar surface area (TPSA) is 145 Å². The number of hydrogen-bond donors (Lipinski definition) is 2. The van der Waals surface area contributed by atoms with E-state index in [1.807, 2.05) is 52.0 Å². The summed E-state index contributed by atoms with van der Waals surface area (Å²) in [5.41, 5.74) is 7.21. The second-order valence-corrected chi connectivity index (χ2v) is 11.2. The fourth-order valence-electron chi connectivity index (χ4n) is 4.34. The first-order valence-electron chi connectivity index (χ1n) is 12.2. The molecule has 0 bridgehead atoms. The largest absolute Gasteiger partial charge is 1.00 e. The average molecular weight is 725 g/mol. The molecule has 4 heterocycles. The van der Waals surface area contributed by atoms with E-state index in [0.717, 1.165) is 33.9 Å². The van der Waals surface area contributed by atoms with E-state index in [2.05, 4.69) is 44.9 Å². The van der Waals surface area contributed by atoms with Crippen molar-refractivity contribution in [2.45, 2.75) is 39.5 Å². The fraction of sp³-hybridized carbons (Fsp3) is 0.214. The van der Waals surface area contributed by atoms with Gasteiger partial charge in [0.25, 0.3) is 0 Å². The SMILES string of the molecule is CC1=C(C#N)C(c2cccnc2)C(C#N)=C(C)N1.CC1=C(C#N)C(c2cccnc2)C(C#N)=C(C)N1.F[P-](F)(F)(F)(F)F.[Ag+]. The summed E-state index contributed by atoms with van der Waals surface area (Å²) in [6.07, 6.45) is 6.75. The van der Waals surface area contributed by atoms with E-state index in [1.54, 1.807) is 24.8 Å². The summed E-state index contributed by atoms with van der Waals surface area (Å²) < 4.78 is 59.2. The first-order valence-corrected chi connectivity index (χ1v) is 14.2. The number of aromatic nitrogens is 2. The van der Waals surface area contributed by atoms with Crippen molar-refractivity contribution in [2.75, 3.05) is 0 Å². The third-order valence-electron chi connectivity index (χ3n) is 6.04. The van der Waals surface area contributed by atoms with Crippen LogP contribution in [0.4, 0.5) is 25.2 Å². The van der Waals surface area contributed by atoms with Crippen molar-refractivity contribution in [3.63, 3.8) is 0 Å². The number of pyridine rings is 2. The standard InChI is InChI=1S/2C14H12N4.Ag.F6P/c2*1-9-12(6-15)14(11-4-3-5-17-8-11)13(7-16)10(2)18-9;;1-7(2,3,4,5)6/h2*3-5,8,14,18H,1-2H3;;/q;;+1;-1. The maximum Gasteiger partial charge on any atom is 1.00 e. The molecular weight excluding hydrogens is 701 g/mol. The van der Waals surface area contributed by atoms with Crippen molar-refractivity contribution in [3.8, 4) is 24.3 Å². The van der Waals surface area contributed by atoms with Crippen LogP contribution < -0.4 is 10.6 Å². The van der Waals surface area contributed by atoms with Gasteiger partial charge in [-0.15, -0.1) is 0 Å². The molecule has 0 saturated heterocycles. The molecule has 0 saturated carbocycles. The number of halogens is 6. The number of nitrogens with zero attached hydrogens (tertiary/aromatic N) is 6. The van der Waals surface area contributed by atoms with Crippen LogP contribution in [0.1, 0.15) is 50.7 Å². The van der Waals surface area contributed by atoms with Crippen LogP contribution in [0.2, 0.25) is 0 Å². The molecule has 234 valence electrons. The van der Waals surface area contributed by atoms with E-state index in [1.165, 1.54) is 0 Å². The van der Waals surface area contributed by atoms with Gasteiger partial charge in [0.1, 0.15) is 0 Å². The molecule has 4 rings (SSSR count). The fourth-order valence-corrected chi connectivity index (χ4v) is 4.34. The summed E-state index contributed by atoms with van der Waals surface area (Å²) in [6, 6.07) is 16.2. The monoisotopic (exact) mass is 724 g/mol. The summed E-state index contributed by atoms with van der Waals surface area (Å²) >= 11 is 0. The van der Waals surface area contributed by atoms with Gasteiger partial charge >= 0.3 is 55.4 Å². The minimum atomic E-state index is -10.7. The summed E-state index contributed by atoms with van der Waals surface area (Å²) in [5, 5.41) is 43.3. The zero-order valence-electron chi connectivity index (χ0n) is 23.5. The van der Waals surface area contributed by atoms with Gasteiger partial charge in [-0.1, -0.05) is 12.1 Å². The van der Waals surface area contributed by atoms with Crippen molar-refractivity contribution in [3.05, 3.63) is 105 Å². The minimum absolute atomic E-state index is 0. The molecule has 44 heavy (non-hydrogen) atoms. The third-order valence-corrected chi connectivity index (χ3v) is 6.04. The molecule has 0 radical (unpaired) electrons. The molecule has 0 atom stereocenters. The van der Waals surface area contributed by atoms with Crippen molar-refractivity contribution in [1.82, 2.24) is 20.6 Å². The van der Waals surface area contributed by atoms with Crippen LogP contribution in [-0.2, 0) is 22.4 Å². The molecule has 8 nitrogen and oxygen atoms in total. The van der Waals surface area contributed by atoms with Gasteiger partial charge in [-0.3, -0.25) is 9.97 Å². The second kappa shape index (κ2) is 13.9. The van der Waals surface area contributed by atoms with Gasteiger partial charge in [0.05, 0.1) is 58.4 Å². The van der Waals surface area contributed by atoms with Crippen LogP contribution in [-0.4, -0.2) is 9.97 Å². The Bertz CT molecular complexity index is 1500. The van der Waals surface area contributed by atoms with Gasteiger partial charge in [0.15, 0.2) is 0 Å². The predicted molar refractivity (Wildman–Crippen MR) is 147 cm³/mol. The van der Waals surface area contributed by atoms with Crippen molar-refractivity contribution in [1.29, 1.82) is 21.0 Å². The Hall–Kier alpha value is -4.43. The normalized spacial score (nSPS) is 16.8. The van der Waals surface area contributed by atoms with Crippen LogP contribution in [0.5, 0.6) is 0 Å². The maximum absolute atomic E-state index is 10.7. The van der Waals surface area contributed by atoms with E-state index < -0.39 is 7.81 Å². The number of hydrogen-bond acceptors (Lipinski definition) is 8. The van der Waals surface area contributed by atoms with Gasteiger partial charge in [-0.2, -0.15) is 21.0 Å². The molecule has 2 N–H and O–H groups in total. The Morgan fingerprint density at radius 3 is 1.02 bits per heavy atom. The van der Waals surface area contributed by atoms with Crippen LogP contribution in [0.3, 0.4) is 0 Å². The molecule has 0 spiro atoms. The van der Waals surface area contributed by atoms with E-state index in [4.69, 9.17) is 0 Å². The molecule has 0 aromatic carbocycles. The van der Waals surface area contributed by atoms with Gasteiger partial charge in [-0.05, 0) is 51.0 Å². The Morgan fingerprint density at radius 2 is 0.841 bits per heavy atom. The van der Waals surface area contributed by atoms with E-state index in [9.17, 15) is 46.2 Å². The maximum atomic E-state index is 9.87. The molecule has 2 aromatic heterocycles. The summed E-state index contributed by atoms with van der Waals surface area (Å²) in [7, 11) is -10.7. The van der Waals surface area contributed by atoms with E-state index in [-0.39, 0.29) is 34.2 Å². The van der Waals surface area contributed by atoms with Gasteiger partial charge in [0, 0.05) is 47.6 Å². The van der Waals surface area contributed by atoms with Gasteiger partial charge in [0.2, 0.25) is 0 Å². The van der Waals surface area contributed by atoms with E-state index in [0.29, 0.717) is 22.3 Å². The Balaban J connectivity index is 0.000000357. The number of dihydropyridines is 2. The zero-order valence-corrected chi connectivity index (χ0v) is 25.8. The van der Waals surface area contributed by atoms with Crippen molar-refractivity contribution < 1.29 is 47.6 Å². The second-order valence-electron chi connectivity index (χ2n) is 9.25. The van der Waals surface area contributed by atoms with Crippen LogP contribution >= 0.6 is 7.81 Å².